The Hall–Kier alpha value is -1.95. The van der Waals surface area contributed by atoms with Gasteiger partial charge in [-0.25, -0.2) is 0 Å². The van der Waals surface area contributed by atoms with Crippen LogP contribution in [0.4, 0.5) is 4.79 Å². The normalized spacial score (nSPS) is 16.9. The number of imide groups is 1. The van der Waals surface area contributed by atoms with Crippen LogP contribution in [-0.4, -0.2) is 36.8 Å². The van der Waals surface area contributed by atoms with Crippen molar-refractivity contribution < 1.29 is 19.1 Å². The van der Waals surface area contributed by atoms with E-state index in [0.29, 0.717) is 22.9 Å². The second-order valence-corrected chi connectivity index (χ2v) is 5.03. The number of nitrogens with zero attached hydrogens (tertiary/aromatic N) is 1. The van der Waals surface area contributed by atoms with Gasteiger partial charge in [-0.2, -0.15) is 0 Å². The van der Waals surface area contributed by atoms with E-state index >= 15 is 0 Å². The second kappa shape index (κ2) is 6.00. The molecule has 0 N–H and O–H groups in total. The average molecular weight is 293 g/mol. The lowest BCUT2D eigenvalue weighted by Gasteiger charge is -2.08. The number of rotatable bonds is 4. The van der Waals surface area contributed by atoms with Gasteiger partial charge in [0.15, 0.2) is 0 Å². The molecule has 1 fully saturated rings. The highest BCUT2D eigenvalue weighted by molar-refractivity contribution is 8.18. The van der Waals surface area contributed by atoms with Crippen molar-refractivity contribution >= 4 is 29.0 Å². The zero-order valence-electron chi connectivity index (χ0n) is 11.5. The first-order chi connectivity index (χ1) is 9.60. The predicted molar refractivity (Wildman–Crippen MR) is 77.9 cm³/mol. The number of carbonyl (C=O) groups is 2. The van der Waals surface area contributed by atoms with E-state index in [0.717, 1.165) is 17.3 Å². The van der Waals surface area contributed by atoms with Crippen molar-refractivity contribution in [3.63, 3.8) is 0 Å². The molecule has 106 valence electrons. The Morgan fingerprint density at radius 2 is 2.00 bits per heavy atom. The Bertz CT molecular complexity index is 583. The summed E-state index contributed by atoms with van der Waals surface area (Å²) in [6, 6.07) is 5.30. The topological polar surface area (TPSA) is 55.8 Å². The minimum absolute atomic E-state index is 0.240. The molecule has 0 bridgehead atoms. The maximum Gasteiger partial charge on any atom is 0.293 e. The first-order valence-electron chi connectivity index (χ1n) is 6.08. The Labute approximate surface area is 121 Å². The molecule has 0 saturated carbocycles. The van der Waals surface area contributed by atoms with Gasteiger partial charge in [0, 0.05) is 18.2 Å². The van der Waals surface area contributed by atoms with Crippen LogP contribution in [0.5, 0.6) is 11.5 Å². The van der Waals surface area contributed by atoms with Gasteiger partial charge in [0.25, 0.3) is 11.1 Å². The van der Waals surface area contributed by atoms with E-state index in [4.69, 9.17) is 9.47 Å². The lowest BCUT2D eigenvalue weighted by Crippen LogP contribution is -2.27. The maximum atomic E-state index is 12.0. The third kappa shape index (κ3) is 2.65. The first-order valence-corrected chi connectivity index (χ1v) is 6.89. The van der Waals surface area contributed by atoms with Crippen molar-refractivity contribution in [2.24, 2.45) is 0 Å². The summed E-state index contributed by atoms with van der Waals surface area (Å²) < 4.78 is 10.4. The molecule has 1 aliphatic rings. The number of hydrogen-bond donors (Lipinski definition) is 0. The molecule has 1 aromatic rings. The molecular formula is C14H15NO4S. The van der Waals surface area contributed by atoms with Crippen molar-refractivity contribution in [1.82, 2.24) is 4.90 Å². The highest BCUT2D eigenvalue weighted by atomic mass is 32.2. The van der Waals surface area contributed by atoms with Gasteiger partial charge in [-0.15, -0.1) is 0 Å². The quantitative estimate of drug-likeness (QED) is 0.799. The Balaban J connectivity index is 2.36. The molecule has 0 aliphatic carbocycles. The molecular weight excluding hydrogens is 278 g/mol. The highest BCUT2D eigenvalue weighted by Gasteiger charge is 2.33. The van der Waals surface area contributed by atoms with Gasteiger partial charge >= 0.3 is 0 Å². The number of thioether (sulfide) groups is 1. The molecule has 1 aromatic carbocycles. The van der Waals surface area contributed by atoms with Crippen LogP contribution in [0, 0.1) is 0 Å². The molecule has 0 unspecified atom stereocenters. The van der Waals surface area contributed by atoms with Gasteiger partial charge in [0.1, 0.15) is 11.5 Å². The lowest BCUT2D eigenvalue weighted by molar-refractivity contribution is -0.122. The monoisotopic (exact) mass is 293 g/mol. The number of carbonyl (C=O) groups excluding carboxylic acids is 2. The van der Waals surface area contributed by atoms with E-state index in [2.05, 4.69) is 0 Å². The Morgan fingerprint density at radius 1 is 1.25 bits per heavy atom. The van der Waals surface area contributed by atoms with Gasteiger partial charge in [-0.3, -0.25) is 14.5 Å². The molecule has 2 amide bonds. The van der Waals surface area contributed by atoms with Crippen LogP contribution >= 0.6 is 11.8 Å². The van der Waals surface area contributed by atoms with Crippen molar-refractivity contribution in [2.75, 3.05) is 20.8 Å². The maximum absolute atomic E-state index is 12.0. The molecule has 0 spiro atoms. The van der Waals surface area contributed by atoms with E-state index in [1.165, 1.54) is 4.90 Å². The minimum atomic E-state index is -0.264. The van der Waals surface area contributed by atoms with Gasteiger partial charge in [0.2, 0.25) is 0 Å². The zero-order chi connectivity index (χ0) is 14.7. The van der Waals surface area contributed by atoms with E-state index in [1.807, 2.05) is 0 Å². The van der Waals surface area contributed by atoms with E-state index < -0.39 is 0 Å². The van der Waals surface area contributed by atoms with Crippen LogP contribution in [0.1, 0.15) is 12.5 Å². The fourth-order valence-corrected chi connectivity index (χ4v) is 2.75. The van der Waals surface area contributed by atoms with Crippen molar-refractivity contribution in [2.45, 2.75) is 6.92 Å². The van der Waals surface area contributed by atoms with Crippen LogP contribution in [0.15, 0.2) is 23.1 Å². The van der Waals surface area contributed by atoms with Gasteiger partial charge in [0.05, 0.1) is 19.1 Å². The van der Waals surface area contributed by atoms with Gasteiger partial charge in [-0.1, -0.05) is 0 Å². The highest BCUT2D eigenvalue weighted by Crippen LogP contribution is 2.34. The minimum Gasteiger partial charge on any atom is -0.497 e. The summed E-state index contributed by atoms with van der Waals surface area (Å²) in [4.78, 5) is 25.3. The largest absolute Gasteiger partial charge is 0.497 e. The van der Waals surface area contributed by atoms with Crippen LogP contribution in [0.2, 0.25) is 0 Å². The molecule has 1 aliphatic heterocycles. The first kappa shape index (κ1) is 14.5. The van der Waals surface area contributed by atoms with E-state index in [-0.39, 0.29) is 11.1 Å². The Morgan fingerprint density at radius 3 is 2.55 bits per heavy atom. The number of methoxy groups -OCH3 is 2. The number of likely N-dealkylation sites (N-methyl/N-ethyl adjacent to an activating group) is 1. The molecule has 0 atom stereocenters. The van der Waals surface area contributed by atoms with Crippen LogP contribution in [0.25, 0.3) is 6.08 Å². The Kier molecular flexibility index (Phi) is 4.34. The second-order valence-electron chi connectivity index (χ2n) is 4.03. The molecule has 6 heteroatoms. The summed E-state index contributed by atoms with van der Waals surface area (Å²) >= 11 is 0.942. The SMILES string of the molecule is CCN1C(=O)SC(=Cc2ccc(OC)cc2OC)C1=O. The fraction of sp³-hybridized carbons (Fsp3) is 0.286. The predicted octanol–water partition coefficient (Wildman–Crippen LogP) is 2.76. The standard InChI is InChI=1S/C14H15NO4S/c1-4-15-13(16)12(20-14(15)17)7-9-5-6-10(18-2)8-11(9)19-3/h5-8H,4H2,1-3H3. The lowest BCUT2D eigenvalue weighted by atomic mass is 10.1. The van der Waals surface area contributed by atoms with E-state index in [9.17, 15) is 9.59 Å². The van der Waals surface area contributed by atoms with E-state index in [1.54, 1.807) is 45.4 Å². The van der Waals surface area contributed by atoms with Crippen LogP contribution < -0.4 is 9.47 Å². The smallest absolute Gasteiger partial charge is 0.293 e. The van der Waals surface area contributed by atoms with Crippen LogP contribution in [-0.2, 0) is 4.79 Å². The number of amides is 2. The average Bonchev–Trinajstić information content (AvgIpc) is 2.73. The van der Waals surface area contributed by atoms with Crippen molar-refractivity contribution in [3.8, 4) is 11.5 Å². The molecule has 0 aromatic heterocycles. The molecule has 1 saturated heterocycles. The van der Waals surface area contributed by atoms with Crippen molar-refractivity contribution in [3.05, 3.63) is 28.7 Å². The molecule has 2 rings (SSSR count). The van der Waals surface area contributed by atoms with Gasteiger partial charge in [-0.05, 0) is 36.9 Å². The third-order valence-electron chi connectivity index (χ3n) is 2.92. The summed E-state index contributed by atoms with van der Waals surface area (Å²) in [6.07, 6.45) is 1.67. The molecule has 20 heavy (non-hydrogen) atoms. The third-order valence-corrected chi connectivity index (χ3v) is 3.82. The van der Waals surface area contributed by atoms with Gasteiger partial charge < -0.3 is 9.47 Å². The number of benzene rings is 1. The summed E-state index contributed by atoms with van der Waals surface area (Å²) in [5, 5.41) is -0.240. The number of ether oxygens (including phenoxy) is 2. The summed E-state index contributed by atoms with van der Waals surface area (Å²) in [5.74, 6) is 0.994. The van der Waals surface area contributed by atoms with Crippen LogP contribution in [0.3, 0.4) is 0 Å². The summed E-state index contributed by atoms with van der Waals surface area (Å²) in [5.41, 5.74) is 0.731. The summed E-state index contributed by atoms with van der Waals surface area (Å²) in [7, 11) is 3.12. The summed E-state index contributed by atoms with van der Waals surface area (Å²) in [6.45, 7) is 2.15. The molecule has 5 nitrogen and oxygen atoms in total. The molecule has 0 radical (unpaired) electrons. The van der Waals surface area contributed by atoms with Crippen molar-refractivity contribution in [1.29, 1.82) is 0 Å². The zero-order valence-corrected chi connectivity index (χ0v) is 12.3. The number of hydrogen-bond acceptors (Lipinski definition) is 5. The fourth-order valence-electron chi connectivity index (χ4n) is 1.85. The molecule has 1 heterocycles.